The van der Waals surface area contributed by atoms with E-state index in [2.05, 4.69) is 20.8 Å². The van der Waals surface area contributed by atoms with E-state index in [0.717, 1.165) is 5.56 Å². The van der Waals surface area contributed by atoms with Crippen molar-refractivity contribution in [3.63, 3.8) is 0 Å². The zero-order chi connectivity index (χ0) is 20.6. The molecule has 0 saturated heterocycles. The first-order valence-electron chi connectivity index (χ1n) is 9.25. The van der Waals surface area contributed by atoms with Gasteiger partial charge in [0, 0.05) is 18.5 Å². The lowest BCUT2D eigenvalue weighted by Crippen LogP contribution is -2.26. The van der Waals surface area contributed by atoms with Crippen LogP contribution in [0.5, 0.6) is 0 Å². The van der Waals surface area contributed by atoms with Gasteiger partial charge in [0.05, 0.1) is 6.04 Å². The maximum absolute atomic E-state index is 13.2. The lowest BCUT2D eigenvalue weighted by molar-refractivity contribution is -0.121. The standard InChI is InChI=1S/C21H21FN4O2S/c1-14(15-7-3-2-4-8-15)23-18(27)11-6-12-19-25-26-21(29-19)20(28)24-17-10-5-9-16(22)13-17/h2-5,7-10,13-14H,6,11-12H2,1H3,(H,23,27)(H,24,28)/t14-/m1/s1. The molecule has 1 atom stereocenters. The number of hydrogen-bond donors (Lipinski definition) is 2. The second-order valence-corrected chi connectivity index (χ2v) is 7.58. The molecule has 0 aliphatic rings. The minimum Gasteiger partial charge on any atom is -0.350 e. The number of amides is 2. The normalized spacial score (nSPS) is 11.7. The van der Waals surface area contributed by atoms with Crippen LogP contribution in [0, 0.1) is 5.82 Å². The molecule has 6 nitrogen and oxygen atoms in total. The number of hydrogen-bond acceptors (Lipinski definition) is 5. The van der Waals surface area contributed by atoms with Crippen molar-refractivity contribution >= 4 is 28.8 Å². The minimum absolute atomic E-state index is 0.0325. The van der Waals surface area contributed by atoms with Crippen LogP contribution in [-0.2, 0) is 11.2 Å². The van der Waals surface area contributed by atoms with Crippen molar-refractivity contribution < 1.29 is 14.0 Å². The molecule has 1 heterocycles. The molecule has 0 radical (unpaired) electrons. The molecule has 0 saturated carbocycles. The molecule has 3 rings (SSSR count). The summed E-state index contributed by atoms with van der Waals surface area (Å²) in [5, 5.41) is 14.3. The Labute approximate surface area is 172 Å². The lowest BCUT2D eigenvalue weighted by Gasteiger charge is -2.14. The summed E-state index contributed by atoms with van der Waals surface area (Å²) in [4.78, 5) is 24.3. The van der Waals surface area contributed by atoms with E-state index in [-0.39, 0.29) is 17.0 Å². The predicted octanol–water partition coefficient (Wildman–Crippen LogP) is 4.13. The second kappa shape index (κ2) is 9.88. The van der Waals surface area contributed by atoms with Gasteiger partial charge in [-0.2, -0.15) is 0 Å². The summed E-state index contributed by atoms with van der Waals surface area (Å²) in [6, 6.07) is 15.4. The molecular weight excluding hydrogens is 391 g/mol. The van der Waals surface area contributed by atoms with Crippen molar-refractivity contribution in [2.75, 3.05) is 5.32 Å². The number of carbonyl (C=O) groups is 2. The Kier molecular flexibility index (Phi) is 7.02. The number of nitrogens with zero attached hydrogens (tertiary/aromatic N) is 2. The third-order valence-electron chi connectivity index (χ3n) is 4.22. The van der Waals surface area contributed by atoms with Crippen LogP contribution in [-0.4, -0.2) is 22.0 Å². The summed E-state index contributed by atoms with van der Waals surface area (Å²) in [6.45, 7) is 1.95. The van der Waals surface area contributed by atoms with E-state index in [4.69, 9.17) is 0 Å². The van der Waals surface area contributed by atoms with Crippen LogP contribution in [0.25, 0.3) is 0 Å². The van der Waals surface area contributed by atoms with Crippen LogP contribution in [0.1, 0.15) is 46.2 Å². The summed E-state index contributed by atoms with van der Waals surface area (Å²) in [5.74, 6) is -0.899. The Balaban J connectivity index is 1.44. The molecule has 3 aromatic rings. The van der Waals surface area contributed by atoms with E-state index in [9.17, 15) is 14.0 Å². The van der Waals surface area contributed by atoms with Gasteiger partial charge in [0.1, 0.15) is 10.8 Å². The molecule has 0 fully saturated rings. The lowest BCUT2D eigenvalue weighted by atomic mass is 10.1. The molecule has 2 aromatic carbocycles. The van der Waals surface area contributed by atoms with Gasteiger partial charge in [0.2, 0.25) is 10.9 Å². The second-order valence-electron chi connectivity index (χ2n) is 6.52. The highest BCUT2D eigenvalue weighted by Crippen LogP contribution is 2.16. The van der Waals surface area contributed by atoms with Gasteiger partial charge in [0.25, 0.3) is 5.91 Å². The molecule has 0 aliphatic carbocycles. The first-order chi connectivity index (χ1) is 14.0. The molecule has 0 bridgehead atoms. The number of aromatic nitrogens is 2. The van der Waals surface area contributed by atoms with Crippen molar-refractivity contribution in [3.8, 4) is 0 Å². The largest absolute Gasteiger partial charge is 0.350 e. The molecule has 150 valence electrons. The monoisotopic (exact) mass is 412 g/mol. The summed E-state index contributed by atoms with van der Waals surface area (Å²) in [5.41, 5.74) is 1.41. The van der Waals surface area contributed by atoms with Crippen LogP contribution in [0.3, 0.4) is 0 Å². The summed E-state index contributed by atoms with van der Waals surface area (Å²) < 4.78 is 13.2. The highest BCUT2D eigenvalue weighted by molar-refractivity contribution is 7.13. The van der Waals surface area contributed by atoms with Crippen molar-refractivity contribution in [3.05, 3.63) is 76.0 Å². The Morgan fingerprint density at radius 3 is 2.66 bits per heavy atom. The van der Waals surface area contributed by atoms with Crippen molar-refractivity contribution in [2.24, 2.45) is 0 Å². The summed E-state index contributed by atoms with van der Waals surface area (Å²) in [6.07, 6.45) is 1.52. The van der Waals surface area contributed by atoms with Gasteiger partial charge in [-0.25, -0.2) is 4.39 Å². The average molecular weight is 412 g/mol. The Morgan fingerprint density at radius 2 is 1.90 bits per heavy atom. The highest BCUT2D eigenvalue weighted by Gasteiger charge is 2.14. The van der Waals surface area contributed by atoms with Crippen LogP contribution in [0.2, 0.25) is 0 Å². The fraction of sp³-hybridized carbons (Fsp3) is 0.238. The molecular formula is C21H21FN4O2S. The fourth-order valence-electron chi connectivity index (χ4n) is 2.74. The number of carbonyl (C=O) groups excluding carboxylic acids is 2. The summed E-state index contributed by atoms with van der Waals surface area (Å²) in [7, 11) is 0. The smallest absolute Gasteiger partial charge is 0.286 e. The van der Waals surface area contributed by atoms with E-state index < -0.39 is 11.7 Å². The average Bonchev–Trinajstić information content (AvgIpc) is 3.18. The van der Waals surface area contributed by atoms with Crippen molar-refractivity contribution in [1.82, 2.24) is 15.5 Å². The number of halogens is 1. The third kappa shape index (κ3) is 6.18. The number of nitrogens with one attached hydrogen (secondary N) is 2. The van der Waals surface area contributed by atoms with Crippen molar-refractivity contribution in [1.29, 1.82) is 0 Å². The summed E-state index contributed by atoms with van der Waals surface area (Å²) >= 11 is 1.17. The third-order valence-corrected chi connectivity index (χ3v) is 5.20. The van der Waals surface area contributed by atoms with E-state index >= 15 is 0 Å². The van der Waals surface area contributed by atoms with Crippen molar-refractivity contribution in [2.45, 2.75) is 32.2 Å². The van der Waals surface area contributed by atoms with E-state index in [0.29, 0.717) is 30.0 Å². The Bertz CT molecular complexity index is 978. The maximum Gasteiger partial charge on any atom is 0.286 e. The van der Waals surface area contributed by atoms with Crippen LogP contribution in [0.15, 0.2) is 54.6 Å². The van der Waals surface area contributed by atoms with Gasteiger partial charge in [-0.05, 0) is 37.1 Å². The highest BCUT2D eigenvalue weighted by atomic mass is 32.1. The van der Waals surface area contributed by atoms with Gasteiger partial charge < -0.3 is 10.6 Å². The quantitative estimate of drug-likeness (QED) is 0.583. The zero-order valence-corrected chi connectivity index (χ0v) is 16.7. The first-order valence-corrected chi connectivity index (χ1v) is 10.1. The number of benzene rings is 2. The van der Waals surface area contributed by atoms with Crippen LogP contribution in [0.4, 0.5) is 10.1 Å². The predicted molar refractivity (Wildman–Crippen MR) is 110 cm³/mol. The molecule has 0 unspecified atom stereocenters. The first kappa shape index (κ1) is 20.6. The van der Waals surface area contributed by atoms with Gasteiger partial charge in [-0.15, -0.1) is 10.2 Å². The Morgan fingerprint density at radius 1 is 1.10 bits per heavy atom. The fourth-order valence-corrected chi connectivity index (χ4v) is 3.51. The SMILES string of the molecule is C[C@@H](NC(=O)CCCc1nnc(C(=O)Nc2cccc(F)c2)s1)c1ccccc1. The molecule has 2 amide bonds. The zero-order valence-electron chi connectivity index (χ0n) is 15.9. The van der Waals surface area contributed by atoms with Gasteiger partial charge in [-0.3, -0.25) is 9.59 Å². The van der Waals surface area contributed by atoms with Gasteiger partial charge >= 0.3 is 0 Å². The minimum atomic E-state index is -0.436. The molecule has 29 heavy (non-hydrogen) atoms. The maximum atomic E-state index is 13.2. The van der Waals surface area contributed by atoms with Gasteiger partial charge in [0.15, 0.2) is 0 Å². The van der Waals surface area contributed by atoms with E-state index in [1.807, 2.05) is 37.3 Å². The molecule has 2 N–H and O–H groups in total. The van der Waals surface area contributed by atoms with Gasteiger partial charge in [-0.1, -0.05) is 47.7 Å². The molecule has 0 spiro atoms. The van der Waals surface area contributed by atoms with E-state index in [1.54, 1.807) is 6.07 Å². The number of aryl methyl sites for hydroxylation is 1. The topological polar surface area (TPSA) is 84.0 Å². The number of rotatable bonds is 8. The Hall–Kier alpha value is -3.13. The van der Waals surface area contributed by atoms with Crippen LogP contribution < -0.4 is 10.6 Å². The number of anilines is 1. The molecule has 8 heteroatoms. The van der Waals surface area contributed by atoms with E-state index in [1.165, 1.54) is 29.5 Å². The molecule has 0 aliphatic heterocycles. The molecule has 1 aromatic heterocycles. The van der Waals surface area contributed by atoms with Crippen LogP contribution >= 0.6 is 11.3 Å².